The number of fused-ring (bicyclic) bond motifs is 2. The molecule has 2 fully saturated rings. The van der Waals surface area contributed by atoms with Crippen LogP contribution in [0.5, 0.6) is 0 Å². The van der Waals surface area contributed by atoms with Gasteiger partial charge in [0, 0.05) is 25.8 Å². The molecule has 1 aliphatic heterocycles. The van der Waals surface area contributed by atoms with Crippen molar-refractivity contribution in [3.05, 3.63) is 54.0 Å². The summed E-state index contributed by atoms with van der Waals surface area (Å²) in [5, 5.41) is 1.06. The number of nitrogens with zero attached hydrogens (tertiary/aromatic N) is 4. The van der Waals surface area contributed by atoms with Crippen LogP contribution in [-0.4, -0.2) is 50.9 Å². The molecule has 2 aromatic heterocycles. The van der Waals surface area contributed by atoms with Gasteiger partial charge < -0.3 is 14.8 Å². The Hall–Kier alpha value is -2.89. The number of anilines is 1. The standard InChI is InChI=1S/C23H25N5O/c29-22(18-7-3-5-16-4-1-2-6-17(16)18)28-13-12-27(14-23(28)9-10-23)21-19-8-11-24-20(19)25-15-26-21/h1-2,4,6,8,11,15,18H,3,5,7,9-10,12-14H2,(H,24,25,26). The minimum Gasteiger partial charge on any atom is -0.352 e. The fourth-order valence-corrected chi connectivity index (χ4v) is 5.38. The van der Waals surface area contributed by atoms with Crippen molar-refractivity contribution < 1.29 is 4.79 Å². The summed E-state index contributed by atoms with van der Waals surface area (Å²) in [6.45, 7) is 2.46. The van der Waals surface area contributed by atoms with Gasteiger partial charge in [-0.2, -0.15) is 0 Å². The van der Waals surface area contributed by atoms with E-state index in [1.165, 1.54) is 11.1 Å². The lowest BCUT2D eigenvalue weighted by Crippen LogP contribution is -2.58. The van der Waals surface area contributed by atoms with Gasteiger partial charge in [-0.1, -0.05) is 24.3 Å². The second kappa shape index (κ2) is 6.31. The average Bonchev–Trinajstić information content (AvgIpc) is 3.34. The maximum absolute atomic E-state index is 13.7. The van der Waals surface area contributed by atoms with Gasteiger partial charge in [-0.3, -0.25) is 4.79 Å². The van der Waals surface area contributed by atoms with Gasteiger partial charge in [0.1, 0.15) is 17.8 Å². The lowest BCUT2D eigenvalue weighted by molar-refractivity contribution is -0.137. The van der Waals surface area contributed by atoms with E-state index in [1.807, 2.05) is 12.3 Å². The highest BCUT2D eigenvalue weighted by atomic mass is 16.2. The number of nitrogens with one attached hydrogen (secondary N) is 1. The molecule has 1 saturated heterocycles. The van der Waals surface area contributed by atoms with Gasteiger partial charge in [0.25, 0.3) is 0 Å². The molecule has 1 spiro atoms. The molecule has 3 aliphatic rings. The van der Waals surface area contributed by atoms with Crippen LogP contribution < -0.4 is 4.90 Å². The number of aromatic amines is 1. The SMILES string of the molecule is O=C(C1CCCc2ccccc21)N1CCN(c2ncnc3[nH]ccc23)CC12CC2. The van der Waals surface area contributed by atoms with Crippen LogP contribution in [0.4, 0.5) is 5.82 Å². The number of aromatic nitrogens is 3. The summed E-state index contributed by atoms with van der Waals surface area (Å²) in [6.07, 6.45) is 8.89. The van der Waals surface area contributed by atoms with E-state index in [0.717, 1.165) is 68.6 Å². The molecule has 6 heteroatoms. The van der Waals surface area contributed by atoms with E-state index in [9.17, 15) is 4.79 Å². The maximum atomic E-state index is 13.7. The van der Waals surface area contributed by atoms with Gasteiger partial charge in [0.05, 0.1) is 16.8 Å². The first-order valence-corrected chi connectivity index (χ1v) is 10.7. The number of carbonyl (C=O) groups is 1. The largest absolute Gasteiger partial charge is 0.352 e. The normalized spacial score (nSPS) is 22.7. The number of hydrogen-bond acceptors (Lipinski definition) is 4. The first-order valence-electron chi connectivity index (χ1n) is 10.7. The Labute approximate surface area is 169 Å². The highest BCUT2D eigenvalue weighted by Crippen LogP contribution is 2.47. The molecule has 1 atom stereocenters. The molecular formula is C23H25N5O. The Bertz CT molecular complexity index is 1090. The fraction of sp³-hybridized carbons (Fsp3) is 0.435. The summed E-state index contributed by atoms with van der Waals surface area (Å²) >= 11 is 0. The van der Waals surface area contributed by atoms with Crippen LogP contribution in [0.25, 0.3) is 11.0 Å². The smallest absolute Gasteiger partial charge is 0.230 e. The summed E-state index contributed by atoms with van der Waals surface area (Å²) in [5.41, 5.74) is 3.47. The highest BCUT2D eigenvalue weighted by molar-refractivity contribution is 5.88. The number of hydrogen-bond donors (Lipinski definition) is 1. The minimum atomic E-state index is -0.0185. The average molecular weight is 387 g/mol. The second-order valence-corrected chi connectivity index (χ2v) is 8.72. The van der Waals surface area contributed by atoms with Crippen LogP contribution in [0.2, 0.25) is 0 Å². The van der Waals surface area contributed by atoms with Crippen molar-refractivity contribution in [1.82, 2.24) is 19.9 Å². The monoisotopic (exact) mass is 387 g/mol. The molecule has 0 bridgehead atoms. The molecule has 6 rings (SSSR count). The Morgan fingerprint density at radius 3 is 2.93 bits per heavy atom. The Morgan fingerprint density at radius 1 is 1.14 bits per heavy atom. The molecule has 3 heterocycles. The van der Waals surface area contributed by atoms with E-state index in [-0.39, 0.29) is 11.5 Å². The molecule has 1 N–H and O–H groups in total. The lowest BCUT2D eigenvalue weighted by Gasteiger charge is -2.44. The molecule has 6 nitrogen and oxygen atoms in total. The van der Waals surface area contributed by atoms with Crippen molar-refractivity contribution in [3.63, 3.8) is 0 Å². The van der Waals surface area contributed by atoms with E-state index in [2.05, 4.69) is 49.0 Å². The van der Waals surface area contributed by atoms with Crippen LogP contribution in [0.3, 0.4) is 0 Å². The maximum Gasteiger partial charge on any atom is 0.230 e. The van der Waals surface area contributed by atoms with Crippen LogP contribution in [0.15, 0.2) is 42.9 Å². The molecule has 0 radical (unpaired) electrons. The quantitative estimate of drug-likeness (QED) is 0.733. The number of H-pyrrole nitrogens is 1. The number of aryl methyl sites for hydroxylation is 1. The first-order chi connectivity index (χ1) is 14.3. The Kier molecular flexibility index (Phi) is 3.70. The van der Waals surface area contributed by atoms with Crippen molar-refractivity contribution in [1.29, 1.82) is 0 Å². The number of amides is 1. The van der Waals surface area contributed by atoms with Crippen LogP contribution in [0.1, 0.15) is 42.7 Å². The number of carbonyl (C=O) groups excluding carboxylic acids is 1. The topological polar surface area (TPSA) is 65.1 Å². The van der Waals surface area contributed by atoms with Crippen molar-refractivity contribution in [2.24, 2.45) is 0 Å². The molecule has 1 saturated carbocycles. The number of benzene rings is 1. The van der Waals surface area contributed by atoms with Gasteiger partial charge in [0.2, 0.25) is 5.91 Å². The summed E-state index contributed by atoms with van der Waals surface area (Å²) in [5.74, 6) is 1.35. The molecular weight excluding hydrogens is 362 g/mol. The Balaban J connectivity index is 1.28. The first kappa shape index (κ1) is 17.0. The van der Waals surface area contributed by atoms with E-state index in [4.69, 9.17) is 0 Å². The van der Waals surface area contributed by atoms with Crippen molar-refractivity contribution in [3.8, 4) is 0 Å². The summed E-state index contributed by atoms with van der Waals surface area (Å²) < 4.78 is 0. The third kappa shape index (κ3) is 2.65. The zero-order chi connectivity index (χ0) is 19.4. The van der Waals surface area contributed by atoms with Gasteiger partial charge in [-0.15, -0.1) is 0 Å². The van der Waals surface area contributed by atoms with Gasteiger partial charge in [0.15, 0.2) is 0 Å². The van der Waals surface area contributed by atoms with Crippen molar-refractivity contribution in [2.75, 3.05) is 24.5 Å². The molecule has 1 unspecified atom stereocenters. The molecule has 29 heavy (non-hydrogen) atoms. The summed E-state index contributed by atoms with van der Waals surface area (Å²) in [7, 11) is 0. The molecule has 1 amide bonds. The summed E-state index contributed by atoms with van der Waals surface area (Å²) in [4.78, 5) is 30.3. The van der Waals surface area contributed by atoms with Crippen molar-refractivity contribution in [2.45, 2.75) is 43.6 Å². The lowest BCUT2D eigenvalue weighted by atomic mass is 9.81. The van der Waals surface area contributed by atoms with Crippen LogP contribution in [-0.2, 0) is 11.2 Å². The second-order valence-electron chi connectivity index (χ2n) is 8.72. The summed E-state index contributed by atoms with van der Waals surface area (Å²) in [6, 6.07) is 10.6. The zero-order valence-corrected chi connectivity index (χ0v) is 16.5. The Morgan fingerprint density at radius 2 is 2.03 bits per heavy atom. The van der Waals surface area contributed by atoms with Gasteiger partial charge in [-0.05, 0) is 49.3 Å². The van der Waals surface area contributed by atoms with Crippen molar-refractivity contribution >= 4 is 22.8 Å². The van der Waals surface area contributed by atoms with E-state index in [0.29, 0.717) is 5.91 Å². The minimum absolute atomic E-state index is 0.0185. The van der Waals surface area contributed by atoms with Gasteiger partial charge in [-0.25, -0.2) is 9.97 Å². The molecule has 2 aliphatic carbocycles. The van der Waals surface area contributed by atoms with Crippen LogP contribution in [0, 0.1) is 0 Å². The predicted molar refractivity (Wildman–Crippen MR) is 112 cm³/mol. The predicted octanol–water partition coefficient (Wildman–Crippen LogP) is 3.26. The number of piperazine rings is 1. The van der Waals surface area contributed by atoms with Crippen LogP contribution >= 0.6 is 0 Å². The molecule has 3 aromatic rings. The third-order valence-corrected chi connectivity index (χ3v) is 7.04. The molecule has 148 valence electrons. The highest BCUT2D eigenvalue weighted by Gasteiger charge is 2.54. The fourth-order valence-electron chi connectivity index (χ4n) is 5.38. The van der Waals surface area contributed by atoms with Gasteiger partial charge >= 0.3 is 0 Å². The molecule has 1 aromatic carbocycles. The van der Waals surface area contributed by atoms with E-state index in [1.54, 1.807) is 6.33 Å². The third-order valence-electron chi connectivity index (χ3n) is 7.04. The van der Waals surface area contributed by atoms with E-state index >= 15 is 0 Å². The number of rotatable bonds is 2. The van der Waals surface area contributed by atoms with E-state index < -0.39 is 0 Å². The zero-order valence-electron chi connectivity index (χ0n) is 16.5.